The van der Waals surface area contributed by atoms with Crippen LogP contribution in [0, 0.1) is 0 Å². The van der Waals surface area contributed by atoms with E-state index in [-0.39, 0.29) is 6.42 Å². The highest BCUT2D eigenvalue weighted by molar-refractivity contribution is 5.85. The fourth-order valence-electron chi connectivity index (χ4n) is 4.73. The van der Waals surface area contributed by atoms with E-state index in [1.165, 1.54) is 67.0 Å². The first-order valence-electron chi connectivity index (χ1n) is 13.9. The van der Waals surface area contributed by atoms with Gasteiger partial charge < -0.3 is 5.43 Å². The van der Waals surface area contributed by atoms with Gasteiger partial charge >= 0.3 is 6.18 Å². The zero-order chi connectivity index (χ0) is 24.7. The maximum absolute atomic E-state index is 12.2. The molecule has 0 unspecified atom stereocenters. The maximum atomic E-state index is 12.2. The highest BCUT2D eigenvalue weighted by Crippen LogP contribution is 2.25. The summed E-state index contributed by atoms with van der Waals surface area (Å²) < 4.78 is 38.7. The van der Waals surface area contributed by atoms with E-state index in [4.69, 9.17) is 0 Å². The molecule has 0 radical (unpaired) electrons. The summed E-state index contributed by atoms with van der Waals surface area (Å²) in [6.07, 6.45) is 15.3. The van der Waals surface area contributed by atoms with Crippen LogP contribution in [-0.4, -0.2) is 17.4 Å². The van der Waals surface area contributed by atoms with Gasteiger partial charge in [-0.25, -0.2) is 0 Å². The summed E-state index contributed by atoms with van der Waals surface area (Å²) in [4.78, 5) is 0. The minimum Gasteiger partial charge on any atom is -0.326 e. The van der Waals surface area contributed by atoms with Crippen LogP contribution in [0.2, 0.25) is 0 Å². The zero-order valence-electron chi connectivity index (χ0n) is 21.6. The van der Waals surface area contributed by atoms with Gasteiger partial charge in [0, 0.05) is 24.5 Å². The van der Waals surface area contributed by atoms with Gasteiger partial charge in [-0.1, -0.05) is 90.5 Å². The van der Waals surface area contributed by atoms with E-state index in [2.05, 4.69) is 48.3 Å². The monoisotopic (exact) mass is 480 g/mol. The van der Waals surface area contributed by atoms with Gasteiger partial charge in [0.25, 0.3) is 0 Å². The number of hydrogen-bond acceptors (Lipinski definition) is 1. The maximum Gasteiger partial charge on any atom is 0.389 e. The van der Waals surface area contributed by atoms with Crippen LogP contribution < -0.4 is 5.43 Å². The summed E-state index contributed by atoms with van der Waals surface area (Å²) in [5, 5.41) is 1.36. The lowest BCUT2D eigenvalue weighted by Crippen LogP contribution is -2.14. The smallest absolute Gasteiger partial charge is 0.326 e. The second kappa shape index (κ2) is 16.1. The highest BCUT2D eigenvalue weighted by Gasteiger charge is 2.25. The lowest BCUT2D eigenvalue weighted by molar-refractivity contribution is -0.135. The van der Waals surface area contributed by atoms with Crippen LogP contribution in [0.3, 0.4) is 0 Å². The van der Waals surface area contributed by atoms with Crippen LogP contribution >= 0.6 is 0 Å². The normalized spacial score (nSPS) is 12.0. The highest BCUT2D eigenvalue weighted by atomic mass is 19.4. The van der Waals surface area contributed by atoms with Crippen molar-refractivity contribution < 1.29 is 13.2 Å². The Bertz CT molecular complexity index is 795. The molecular formula is C29H47F3N2. The van der Waals surface area contributed by atoms with Crippen LogP contribution in [0.15, 0.2) is 24.4 Å². The molecule has 1 N–H and O–H groups in total. The third kappa shape index (κ3) is 11.2. The predicted molar refractivity (Wildman–Crippen MR) is 140 cm³/mol. The van der Waals surface area contributed by atoms with Gasteiger partial charge in [0.15, 0.2) is 0 Å². The van der Waals surface area contributed by atoms with Crippen LogP contribution in [0.25, 0.3) is 10.9 Å². The van der Waals surface area contributed by atoms with Crippen molar-refractivity contribution in [2.45, 2.75) is 129 Å². The number of halogens is 3. The van der Waals surface area contributed by atoms with Crippen molar-refractivity contribution >= 4 is 10.9 Å². The fraction of sp³-hybridized carbons (Fsp3) is 0.724. The average Bonchev–Trinajstić information content (AvgIpc) is 3.16. The molecule has 0 amide bonds. The first kappa shape index (κ1) is 28.6. The SMILES string of the molecule is CCCCCCCCCNn1cc(CC)c2cc(CCCCCCCCCC(F)(F)F)ccc21. The molecule has 0 bridgehead atoms. The Morgan fingerprint density at radius 2 is 1.38 bits per heavy atom. The van der Waals surface area contributed by atoms with Crippen LogP contribution in [0.5, 0.6) is 0 Å². The van der Waals surface area contributed by atoms with Crippen LogP contribution in [0.1, 0.15) is 121 Å². The third-order valence-corrected chi connectivity index (χ3v) is 6.82. The van der Waals surface area contributed by atoms with Crippen molar-refractivity contribution in [2.75, 3.05) is 12.0 Å². The summed E-state index contributed by atoms with van der Waals surface area (Å²) in [6, 6.07) is 6.87. The summed E-state index contributed by atoms with van der Waals surface area (Å²) >= 11 is 0. The van der Waals surface area contributed by atoms with Gasteiger partial charge in [0.2, 0.25) is 0 Å². The van der Waals surface area contributed by atoms with E-state index < -0.39 is 12.6 Å². The molecule has 5 heteroatoms. The zero-order valence-corrected chi connectivity index (χ0v) is 21.6. The number of nitrogens with one attached hydrogen (secondary N) is 1. The van der Waals surface area contributed by atoms with Crippen molar-refractivity contribution in [3.63, 3.8) is 0 Å². The largest absolute Gasteiger partial charge is 0.389 e. The molecule has 2 rings (SSSR count). The van der Waals surface area contributed by atoms with E-state index in [9.17, 15) is 13.2 Å². The topological polar surface area (TPSA) is 17.0 Å². The van der Waals surface area contributed by atoms with Gasteiger partial charge in [-0.2, -0.15) is 13.2 Å². The number of hydrogen-bond donors (Lipinski definition) is 1. The molecule has 2 aromatic rings. The van der Waals surface area contributed by atoms with Gasteiger partial charge in [0.05, 0.1) is 5.52 Å². The molecule has 34 heavy (non-hydrogen) atoms. The molecule has 194 valence electrons. The van der Waals surface area contributed by atoms with Crippen molar-refractivity contribution in [3.8, 4) is 0 Å². The average molecular weight is 481 g/mol. The Morgan fingerprint density at radius 3 is 2.03 bits per heavy atom. The van der Waals surface area contributed by atoms with Crippen molar-refractivity contribution in [1.29, 1.82) is 0 Å². The summed E-state index contributed by atoms with van der Waals surface area (Å²) in [5.41, 5.74) is 7.65. The molecule has 0 spiro atoms. The Hall–Kier alpha value is -1.65. The number of rotatable bonds is 19. The molecule has 0 saturated heterocycles. The summed E-state index contributed by atoms with van der Waals surface area (Å²) in [7, 11) is 0. The van der Waals surface area contributed by atoms with Crippen molar-refractivity contribution in [3.05, 3.63) is 35.5 Å². The molecule has 0 aliphatic rings. The second-order valence-corrected chi connectivity index (χ2v) is 9.85. The molecule has 0 saturated carbocycles. The molecule has 2 nitrogen and oxygen atoms in total. The standard InChI is InChI=1S/C29H47F3N2/c1-3-5-6-7-11-14-17-22-33-34-24-26(4-2)27-23-25(19-20-28(27)34)18-15-12-9-8-10-13-16-21-29(30,31)32/h19-20,23-24,33H,3-18,21-22H2,1-2H3. The first-order chi connectivity index (χ1) is 16.4. The van der Waals surface area contributed by atoms with E-state index in [1.54, 1.807) is 0 Å². The third-order valence-electron chi connectivity index (χ3n) is 6.82. The number of alkyl halides is 3. The quantitative estimate of drug-likeness (QED) is 0.198. The molecule has 0 aliphatic carbocycles. The molecule has 1 heterocycles. The van der Waals surface area contributed by atoms with E-state index in [1.807, 2.05) is 0 Å². The Morgan fingerprint density at radius 1 is 0.765 bits per heavy atom. The number of nitrogens with zero attached hydrogens (tertiary/aromatic N) is 1. The number of benzene rings is 1. The lowest BCUT2D eigenvalue weighted by atomic mass is 10.0. The molecular weight excluding hydrogens is 433 g/mol. The molecule has 0 fully saturated rings. The van der Waals surface area contributed by atoms with Crippen molar-refractivity contribution in [1.82, 2.24) is 4.68 Å². The molecule has 0 aliphatic heterocycles. The predicted octanol–water partition coefficient (Wildman–Crippen LogP) is 9.72. The van der Waals surface area contributed by atoms with E-state index in [0.29, 0.717) is 6.42 Å². The van der Waals surface area contributed by atoms with Gasteiger partial charge in [0.1, 0.15) is 0 Å². The lowest BCUT2D eigenvalue weighted by Gasteiger charge is -2.10. The van der Waals surface area contributed by atoms with Crippen LogP contribution in [0.4, 0.5) is 13.2 Å². The number of fused-ring (bicyclic) bond motifs is 1. The Kier molecular flexibility index (Phi) is 13.5. The number of aromatic nitrogens is 1. The van der Waals surface area contributed by atoms with Gasteiger partial charge in [-0.05, 0) is 55.4 Å². The summed E-state index contributed by atoms with van der Waals surface area (Å²) in [5.74, 6) is 0. The number of unbranched alkanes of at least 4 members (excludes halogenated alkanes) is 12. The fourth-order valence-corrected chi connectivity index (χ4v) is 4.73. The van der Waals surface area contributed by atoms with Gasteiger partial charge in [-0.3, -0.25) is 4.68 Å². The Labute approximate surface area is 205 Å². The van der Waals surface area contributed by atoms with Crippen LogP contribution in [-0.2, 0) is 12.8 Å². The first-order valence-corrected chi connectivity index (χ1v) is 13.9. The molecule has 0 atom stereocenters. The number of aryl methyl sites for hydroxylation is 2. The summed E-state index contributed by atoms with van der Waals surface area (Å²) in [6.45, 7) is 5.49. The Balaban J connectivity index is 1.69. The molecule has 1 aromatic carbocycles. The van der Waals surface area contributed by atoms with Crippen molar-refractivity contribution in [2.24, 2.45) is 0 Å². The van der Waals surface area contributed by atoms with Gasteiger partial charge in [-0.15, -0.1) is 0 Å². The van der Waals surface area contributed by atoms with E-state index in [0.717, 1.165) is 51.5 Å². The molecule has 1 aromatic heterocycles. The second-order valence-electron chi connectivity index (χ2n) is 9.85. The minimum absolute atomic E-state index is 0.275. The van der Waals surface area contributed by atoms with E-state index >= 15 is 0 Å². The minimum atomic E-state index is -4.00.